The van der Waals surface area contributed by atoms with Gasteiger partial charge in [-0.15, -0.1) is 0 Å². The van der Waals surface area contributed by atoms with Gasteiger partial charge in [-0.05, 0) is 34.6 Å². The number of hydrogen-bond donors (Lipinski definition) is 1. The van der Waals surface area contributed by atoms with E-state index in [4.69, 9.17) is 9.47 Å². The van der Waals surface area contributed by atoms with Crippen LogP contribution in [0.5, 0.6) is 0 Å². The number of nitrogens with zero attached hydrogens (tertiary/aromatic N) is 1. The Morgan fingerprint density at radius 1 is 1.38 bits per heavy atom. The van der Waals surface area contributed by atoms with Gasteiger partial charge in [-0.25, -0.2) is 4.79 Å². The predicted molar refractivity (Wildman–Crippen MR) is 75.6 cm³/mol. The topological polar surface area (TPSA) is 84.9 Å². The zero-order chi connectivity index (χ0) is 16.2. The molecule has 120 valence electrons. The molecule has 1 atom stereocenters. The van der Waals surface area contributed by atoms with Gasteiger partial charge in [0.15, 0.2) is 0 Å². The lowest BCUT2D eigenvalue weighted by atomic mass is 10.1. The maximum absolute atomic E-state index is 12.1. The van der Waals surface area contributed by atoms with Crippen molar-refractivity contribution in [3.05, 3.63) is 0 Å². The van der Waals surface area contributed by atoms with Crippen molar-refractivity contribution in [1.82, 2.24) is 10.2 Å². The third-order valence-corrected chi connectivity index (χ3v) is 2.69. The van der Waals surface area contributed by atoms with Crippen LogP contribution in [0.3, 0.4) is 0 Å². The van der Waals surface area contributed by atoms with Crippen LogP contribution in [0.2, 0.25) is 0 Å². The second-order valence-electron chi connectivity index (χ2n) is 6.22. The quantitative estimate of drug-likeness (QED) is 0.788. The third kappa shape index (κ3) is 5.61. The van der Waals surface area contributed by atoms with E-state index in [1.807, 2.05) is 0 Å². The van der Waals surface area contributed by atoms with Gasteiger partial charge in [-0.2, -0.15) is 0 Å². The predicted octanol–water partition coefficient (Wildman–Crippen LogP) is 1.06. The van der Waals surface area contributed by atoms with Crippen LogP contribution >= 0.6 is 0 Å². The summed E-state index contributed by atoms with van der Waals surface area (Å²) in [4.78, 5) is 37.1. The molecule has 1 saturated heterocycles. The number of ether oxygens (including phenoxy) is 2. The van der Waals surface area contributed by atoms with Gasteiger partial charge in [0.2, 0.25) is 5.91 Å². The second kappa shape index (κ2) is 6.78. The van der Waals surface area contributed by atoms with E-state index in [0.29, 0.717) is 13.1 Å². The molecule has 1 aliphatic heterocycles. The van der Waals surface area contributed by atoms with Crippen molar-refractivity contribution in [2.24, 2.45) is 0 Å². The van der Waals surface area contributed by atoms with E-state index in [-0.39, 0.29) is 18.4 Å². The Labute approximate surface area is 124 Å². The van der Waals surface area contributed by atoms with Gasteiger partial charge in [0.25, 0.3) is 0 Å². The molecule has 1 fully saturated rings. The summed E-state index contributed by atoms with van der Waals surface area (Å²) in [7, 11) is 0. The minimum Gasteiger partial charge on any atom is -0.463 e. The first-order valence-corrected chi connectivity index (χ1v) is 7.07. The minimum atomic E-state index is -0.889. The SMILES string of the molecule is CC(C)OC(=O)CC1C(=O)NCCN1C(=O)OC(C)(C)C. The molecule has 0 aromatic carbocycles. The van der Waals surface area contributed by atoms with Crippen LogP contribution < -0.4 is 5.32 Å². The van der Waals surface area contributed by atoms with E-state index in [9.17, 15) is 14.4 Å². The van der Waals surface area contributed by atoms with Crippen molar-refractivity contribution in [3.8, 4) is 0 Å². The molecule has 21 heavy (non-hydrogen) atoms. The molecule has 7 heteroatoms. The number of amides is 2. The van der Waals surface area contributed by atoms with Crippen molar-refractivity contribution < 1.29 is 23.9 Å². The molecule has 1 rings (SSSR count). The molecule has 1 unspecified atom stereocenters. The van der Waals surface area contributed by atoms with Crippen LogP contribution in [0.25, 0.3) is 0 Å². The van der Waals surface area contributed by atoms with Crippen molar-refractivity contribution in [2.75, 3.05) is 13.1 Å². The molecule has 7 nitrogen and oxygen atoms in total. The minimum absolute atomic E-state index is 0.177. The summed E-state index contributed by atoms with van der Waals surface area (Å²) in [6.07, 6.45) is -1.04. The number of hydrogen-bond acceptors (Lipinski definition) is 5. The maximum Gasteiger partial charge on any atom is 0.411 e. The lowest BCUT2D eigenvalue weighted by molar-refractivity contribution is -0.151. The fraction of sp³-hybridized carbons (Fsp3) is 0.786. The smallest absolute Gasteiger partial charge is 0.411 e. The molecule has 0 bridgehead atoms. The average Bonchev–Trinajstić information content (AvgIpc) is 2.28. The van der Waals surface area contributed by atoms with E-state index < -0.39 is 23.7 Å². The summed E-state index contributed by atoms with van der Waals surface area (Å²) >= 11 is 0. The molecule has 0 saturated carbocycles. The van der Waals surface area contributed by atoms with Crippen molar-refractivity contribution in [2.45, 2.75) is 58.8 Å². The number of esters is 1. The fourth-order valence-electron chi connectivity index (χ4n) is 1.93. The molecular formula is C14H24N2O5. The third-order valence-electron chi connectivity index (χ3n) is 2.69. The van der Waals surface area contributed by atoms with E-state index in [1.54, 1.807) is 34.6 Å². The van der Waals surface area contributed by atoms with E-state index in [2.05, 4.69) is 5.32 Å². The molecular weight excluding hydrogens is 276 g/mol. The zero-order valence-electron chi connectivity index (χ0n) is 13.3. The number of rotatable bonds is 3. The highest BCUT2D eigenvalue weighted by molar-refractivity contribution is 5.90. The standard InChI is InChI=1S/C14H24N2O5/c1-9(2)20-11(17)8-10-12(18)15-6-7-16(10)13(19)21-14(3,4)5/h9-10H,6-8H2,1-5H3,(H,15,18). The molecule has 1 N–H and O–H groups in total. The summed E-state index contributed by atoms with van der Waals surface area (Å²) in [5.74, 6) is -0.881. The van der Waals surface area contributed by atoms with E-state index >= 15 is 0 Å². The second-order valence-corrected chi connectivity index (χ2v) is 6.22. The first-order chi connectivity index (χ1) is 9.60. The molecule has 0 aliphatic carbocycles. The van der Waals surface area contributed by atoms with Gasteiger partial charge >= 0.3 is 12.1 Å². The maximum atomic E-state index is 12.1. The summed E-state index contributed by atoms with van der Waals surface area (Å²) in [5.41, 5.74) is -0.659. The van der Waals surface area contributed by atoms with Gasteiger partial charge in [-0.3, -0.25) is 14.5 Å². The highest BCUT2D eigenvalue weighted by Gasteiger charge is 2.37. The van der Waals surface area contributed by atoms with Crippen LogP contribution in [0.4, 0.5) is 4.79 Å². The highest BCUT2D eigenvalue weighted by Crippen LogP contribution is 2.16. The molecule has 1 heterocycles. The highest BCUT2D eigenvalue weighted by atomic mass is 16.6. The molecule has 0 radical (unpaired) electrons. The Bertz CT molecular complexity index is 414. The zero-order valence-corrected chi connectivity index (χ0v) is 13.3. The molecule has 0 aromatic rings. The van der Waals surface area contributed by atoms with Gasteiger partial charge in [0.1, 0.15) is 11.6 Å². The number of nitrogens with one attached hydrogen (secondary N) is 1. The normalized spacial score (nSPS) is 19.2. The first-order valence-electron chi connectivity index (χ1n) is 7.07. The Hall–Kier alpha value is -1.79. The monoisotopic (exact) mass is 300 g/mol. The molecule has 0 spiro atoms. The Balaban J connectivity index is 2.77. The van der Waals surface area contributed by atoms with Crippen molar-refractivity contribution >= 4 is 18.0 Å². The fourth-order valence-corrected chi connectivity index (χ4v) is 1.93. The van der Waals surface area contributed by atoms with E-state index in [0.717, 1.165) is 0 Å². The van der Waals surface area contributed by atoms with Crippen LogP contribution in [0, 0.1) is 0 Å². The first kappa shape index (κ1) is 17.3. The summed E-state index contributed by atoms with van der Waals surface area (Å²) < 4.78 is 10.3. The Morgan fingerprint density at radius 2 is 2.00 bits per heavy atom. The largest absolute Gasteiger partial charge is 0.463 e. The van der Waals surface area contributed by atoms with Crippen LogP contribution in [-0.2, 0) is 19.1 Å². The summed E-state index contributed by atoms with van der Waals surface area (Å²) in [6, 6.07) is -0.889. The molecule has 2 amide bonds. The average molecular weight is 300 g/mol. The Kier molecular flexibility index (Phi) is 5.57. The van der Waals surface area contributed by atoms with Gasteiger partial charge in [-0.1, -0.05) is 0 Å². The van der Waals surface area contributed by atoms with Crippen LogP contribution in [0.1, 0.15) is 41.0 Å². The number of carbonyl (C=O) groups is 3. The summed E-state index contributed by atoms with van der Waals surface area (Å²) in [5, 5.41) is 2.64. The van der Waals surface area contributed by atoms with Crippen LogP contribution in [-0.4, -0.2) is 53.7 Å². The number of piperazine rings is 1. The van der Waals surface area contributed by atoms with Gasteiger partial charge in [0, 0.05) is 13.1 Å². The van der Waals surface area contributed by atoms with Crippen molar-refractivity contribution in [3.63, 3.8) is 0 Å². The molecule has 1 aliphatic rings. The van der Waals surface area contributed by atoms with Gasteiger partial charge in [0.05, 0.1) is 12.5 Å². The number of carbonyl (C=O) groups excluding carboxylic acids is 3. The van der Waals surface area contributed by atoms with E-state index in [1.165, 1.54) is 4.90 Å². The summed E-state index contributed by atoms with van der Waals surface area (Å²) in [6.45, 7) is 9.34. The van der Waals surface area contributed by atoms with Crippen LogP contribution in [0.15, 0.2) is 0 Å². The van der Waals surface area contributed by atoms with Gasteiger partial charge < -0.3 is 14.8 Å². The Morgan fingerprint density at radius 3 is 2.52 bits per heavy atom. The van der Waals surface area contributed by atoms with Crippen molar-refractivity contribution in [1.29, 1.82) is 0 Å². The molecule has 0 aromatic heterocycles. The lowest BCUT2D eigenvalue weighted by Crippen LogP contribution is -2.58. The lowest BCUT2D eigenvalue weighted by Gasteiger charge is -2.35.